The summed E-state index contributed by atoms with van der Waals surface area (Å²) in [6.45, 7) is 0. The Hall–Kier alpha value is -3.20. The molecule has 2 aromatic rings. The molecule has 9 heteroatoms. The van der Waals surface area contributed by atoms with Crippen molar-refractivity contribution in [2.45, 2.75) is 37.6 Å². The van der Waals surface area contributed by atoms with Crippen LogP contribution in [0.2, 0.25) is 0 Å². The van der Waals surface area contributed by atoms with E-state index in [0.29, 0.717) is 18.4 Å². The summed E-state index contributed by atoms with van der Waals surface area (Å²) in [7, 11) is 0. The predicted octanol–water partition coefficient (Wildman–Crippen LogP) is 3.84. The average Bonchev–Trinajstić information content (AvgIpc) is 2.71. The van der Waals surface area contributed by atoms with Gasteiger partial charge >= 0.3 is 6.03 Å². The van der Waals surface area contributed by atoms with Crippen LogP contribution in [0.3, 0.4) is 0 Å². The van der Waals surface area contributed by atoms with E-state index in [1.165, 1.54) is 30.3 Å². The lowest BCUT2D eigenvalue weighted by atomic mass is 9.74. The zero-order chi connectivity index (χ0) is 20.6. The molecular weight excluding hydrogens is 380 g/mol. The first-order valence-corrected chi connectivity index (χ1v) is 9.39. The summed E-state index contributed by atoms with van der Waals surface area (Å²) >= 11 is 0. The van der Waals surface area contributed by atoms with Gasteiger partial charge in [-0.25, -0.2) is 19.4 Å². The number of para-hydroxylation sites is 1. The molecule has 1 heterocycles. The maximum absolute atomic E-state index is 14.6. The summed E-state index contributed by atoms with van der Waals surface area (Å²) in [6, 6.07) is 6.25. The first kappa shape index (κ1) is 19.1. The van der Waals surface area contributed by atoms with Gasteiger partial charge in [-0.1, -0.05) is 25.3 Å². The third kappa shape index (κ3) is 3.27. The molecule has 1 aliphatic heterocycles. The molecule has 1 fully saturated rings. The van der Waals surface area contributed by atoms with Gasteiger partial charge in [0.2, 0.25) is 0 Å². The molecule has 152 valence electrons. The Balaban J connectivity index is 1.87. The van der Waals surface area contributed by atoms with E-state index in [1.54, 1.807) is 0 Å². The van der Waals surface area contributed by atoms with Gasteiger partial charge in [-0.15, -0.1) is 0 Å². The number of hydrogen-bond donors (Lipinski definition) is 5. The van der Waals surface area contributed by atoms with Gasteiger partial charge in [-0.2, -0.15) is 0 Å². The van der Waals surface area contributed by atoms with Gasteiger partial charge in [0.15, 0.2) is 11.6 Å². The smallest absolute Gasteiger partial charge is 0.320 e. The van der Waals surface area contributed by atoms with Crippen molar-refractivity contribution in [1.82, 2.24) is 10.7 Å². The number of hydrogen-bond acceptors (Lipinski definition) is 4. The second-order valence-corrected chi connectivity index (χ2v) is 7.26. The highest BCUT2D eigenvalue weighted by Gasteiger charge is 2.44. The van der Waals surface area contributed by atoms with Gasteiger partial charge in [-0.3, -0.25) is 5.41 Å². The number of carbonyl (C=O) groups excluding carboxylic acids is 1. The number of nitrogens with one attached hydrogen (secondary N) is 4. The lowest BCUT2D eigenvalue weighted by Crippen LogP contribution is -2.53. The highest BCUT2D eigenvalue weighted by Crippen LogP contribution is 2.49. The van der Waals surface area contributed by atoms with Gasteiger partial charge in [0.25, 0.3) is 0 Å². The monoisotopic (exact) mass is 401 g/mol. The van der Waals surface area contributed by atoms with E-state index in [0.717, 1.165) is 19.3 Å². The van der Waals surface area contributed by atoms with E-state index in [9.17, 15) is 13.6 Å². The van der Waals surface area contributed by atoms with Gasteiger partial charge in [0.1, 0.15) is 17.4 Å². The Morgan fingerprint density at radius 2 is 1.90 bits per heavy atom. The van der Waals surface area contributed by atoms with E-state index < -0.39 is 23.2 Å². The van der Waals surface area contributed by atoms with Crippen LogP contribution >= 0.6 is 0 Å². The summed E-state index contributed by atoms with van der Waals surface area (Å²) in [5.41, 5.74) is 2.00. The number of urea groups is 1. The minimum atomic E-state index is -0.793. The third-order valence-electron chi connectivity index (χ3n) is 5.49. The van der Waals surface area contributed by atoms with Crippen LogP contribution in [0.5, 0.6) is 11.5 Å². The first-order chi connectivity index (χ1) is 13.9. The minimum absolute atomic E-state index is 0.0399. The molecule has 29 heavy (non-hydrogen) atoms. The van der Waals surface area contributed by atoms with Gasteiger partial charge in [0, 0.05) is 5.56 Å². The average molecular weight is 401 g/mol. The minimum Gasteiger partial charge on any atom is -0.453 e. The molecule has 0 bridgehead atoms. The van der Waals surface area contributed by atoms with Crippen LogP contribution in [0.1, 0.15) is 43.2 Å². The molecule has 1 spiro atoms. The van der Waals surface area contributed by atoms with E-state index in [1.807, 2.05) is 0 Å². The molecular formula is C20H21F2N5O2. The number of amidine groups is 1. The van der Waals surface area contributed by atoms with Crippen molar-refractivity contribution >= 4 is 17.6 Å². The largest absolute Gasteiger partial charge is 0.453 e. The van der Waals surface area contributed by atoms with E-state index in [4.69, 9.17) is 16.0 Å². The lowest BCUT2D eigenvalue weighted by molar-refractivity contribution is 0.205. The third-order valence-corrected chi connectivity index (χ3v) is 5.49. The Morgan fingerprint density at radius 1 is 1.14 bits per heavy atom. The quantitative estimate of drug-likeness (QED) is 0.233. The van der Waals surface area contributed by atoms with Crippen molar-refractivity contribution in [3.63, 3.8) is 0 Å². The molecule has 2 amide bonds. The fourth-order valence-corrected chi connectivity index (χ4v) is 4.19. The lowest BCUT2D eigenvalue weighted by Gasteiger charge is -2.43. The molecule has 4 rings (SSSR count). The molecule has 2 aromatic carbocycles. The van der Waals surface area contributed by atoms with E-state index in [2.05, 4.69) is 16.1 Å². The highest BCUT2D eigenvalue weighted by molar-refractivity contribution is 5.99. The summed E-state index contributed by atoms with van der Waals surface area (Å²) < 4.78 is 35.1. The fourth-order valence-electron chi connectivity index (χ4n) is 4.19. The number of anilines is 1. The van der Waals surface area contributed by atoms with E-state index in [-0.39, 0.29) is 28.6 Å². The molecule has 7 nitrogen and oxygen atoms in total. The van der Waals surface area contributed by atoms with Crippen molar-refractivity contribution in [1.29, 1.82) is 5.41 Å². The number of halogens is 2. The first-order valence-electron chi connectivity index (χ1n) is 9.39. The molecule has 2 aliphatic rings. The van der Waals surface area contributed by atoms with Crippen molar-refractivity contribution in [2.75, 3.05) is 5.32 Å². The molecule has 0 aromatic heterocycles. The number of nitrogens with two attached hydrogens (primary N) is 1. The Kier molecular flexibility index (Phi) is 4.83. The molecule has 0 unspecified atom stereocenters. The molecule has 1 aliphatic carbocycles. The second-order valence-electron chi connectivity index (χ2n) is 7.26. The van der Waals surface area contributed by atoms with Crippen LogP contribution in [-0.2, 0) is 5.54 Å². The Bertz CT molecular complexity index is 989. The van der Waals surface area contributed by atoms with Crippen LogP contribution in [0, 0.1) is 17.0 Å². The number of benzene rings is 2. The number of rotatable bonds is 3. The van der Waals surface area contributed by atoms with Crippen LogP contribution in [0.4, 0.5) is 19.3 Å². The van der Waals surface area contributed by atoms with Crippen molar-refractivity contribution in [3.05, 3.63) is 53.1 Å². The van der Waals surface area contributed by atoms with Crippen LogP contribution in [0.25, 0.3) is 0 Å². The number of fused-ring (bicyclic) bond motifs is 2. The molecule has 0 radical (unpaired) electrons. The Labute approximate surface area is 166 Å². The summed E-state index contributed by atoms with van der Waals surface area (Å²) in [6.07, 6.45) is 3.99. The van der Waals surface area contributed by atoms with Crippen LogP contribution in [0.15, 0.2) is 30.3 Å². The zero-order valence-corrected chi connectivity index (χ0v) is 15.6. The van der Waals surface area contributed by atoms with Crippen LogP contribution < -0.4 is 26.6 Å². The SMILES string of the molecule is N=C(NN)c1cccc(F)c1Oc1ccc(F)c2c1C1(CCCCC1)NC(=O)N2. The molecule has 0 atom stereocenters. The van der Waals surface area contributed by atoms with Crippen LogP contribution in [-0.4, -0.2) is 11.9 Å². The number of amides is 2. The normalized spacial score (nSPS) is 17.1. The van der Waals surface area contributed by atoms with Crippen molar-refractivity contribution in [2.24, 2.45) is 5.84 Å². The molecule has 6 N–H and O–H groups in total. The topological polar surface area (TPSA) is 112 Å². The number of carbonyl (C=O) groups is 1. The standard InChI is InChI=1S/C20H21F2N5O2/c21-12-7-8-14(29-17-11(18(23)27-24)5-4-6-13(17)22)15-16(12)25-19(28)26-20(15)9-2-1-3-10-20/h4-8H,1-3,9-10,24H2,(H2,23,27)(H2,25,26,28). The number of ether oxygens (including phenoxy) is 1. The fraction of sp³-hybridized carbons (Fsp3) is 0.300. The second kappa shape index (κ2) is 7.32. The maximum atomic E-state index is 14.6. The van der Waals surface area contributed by atoms with Gasteiger partial charge in [0.05, 0.1) is 16.8 Å². The predicted molar refractivity (Wildman–Crippen MR) is 104 cm³/mol. The van der Waals surface area contributed by atoms with E-state index >= 15 is 0 Å². The highest BCUT2D eigenvalue weighted by atomic mass is 19.1. The number of hydrazine groups is 1. The summed E-state index contributed by atoms with van der Waals surface area (Å²) in [5.74, 6) is 3.83. The van der Waals surface area contributed by atoms with Crippen molar-refractivity contribution in [3.8, 4) is 11.5 Å². The maximum Gasteiger partial charge on any atom is 0.320 e. The van der Waals surface area contributed by atoms with Gasteiger partial charge in [-0.05, 0) is 37.1 Å². The van der Waals surface area contributed by atoms with Crippen molar-refractivity contribution < 1.29 is 18.3 Å². The Morgan fingerprint density at radius 3 is 2.62 bits per heavy atom. The molecule has 1 saturated carbocycles. The summed E-state index contributed by atoms with van der Waals surface area (Å²) in [5, 5.41) is 13.4. The van der Waals surface area contributed by atoms with Gasteiger partial charge < -0.3 is 20.8 Å². The zero-order valence-electron chi connectivity index (χ0n) is 15.6. The molecule has 0 saturated heterocycles. The summed E-state index contributed by atoms with van der Waals surface area (Å²) in [4.78, 5) is 12.2.